The van der Waals surface area contributed by atoms with E-state index in [1.807, 2.05) is 0 Å². The topological polar surface area (TPSA) is 83.9 Å². The molecule has 1 fully saturated rings. The van der Waals surface area contributed by atoms with Crippen LogP contribution in [0.5, 0.6) is 0 Å². The first kappa shape index (κ1) is 13.5. The molecule has 2 aromatic heterocycles. The van der Waals surface area contributed by atoms with Gasteiger partial charge in [0.25, 0.3) is 0 Å². The van der Waals surface area contributed by atoms with Gasteiger partial charge in [-0.2, -0.15) is 4.68 Å². The predicted molar refractivity (Wildman–Crippen MR) is 76.2 cm³/mol. The second-order valence-corrected chi connectivity index (χ2v) is 5.22. The third-order valence-corrected chi connectivity index (χ3v) is 3.75. The molecule has 1 N–H and O–H groups in total. The fraction of sp³-hybridized carbons (Fsp3) is 0.429. The molecule has 7 heteroatoms. The van der Waals surface area contributed by atoms with E-state index in [2.05, 4.69) is 15.1 Å². The summed E-state index contributed by atoms with van der Waals surface area (Å²) in [6.45, 7) is 2.94. The summed E-state index contributed by atoms with van der Waals surface area (Å²) in [4.78, 5) is 32.2. The number of hydrogen-bond donors (Lipinski definition) is 1. The lowest BCUT2D eigenvalue weighted by atomic mass is 9.97. The third kappa shape index (κ3) is 2.72. The van der Waals surface area contributed by atoms with E-state index in [0.29, 0.717) is 18.2 Å². The van der Waals surface area contributed by atoms with E-state index in [1.165, 1.54) is 4.68 Å². The van der Waals surface area contributed by atoms with Gasteiger partial charge >= 0.3 is 5.69 Å². The maximum atomic E-state index is 12.0. The number of nitrogens with one attached hydrogen (secondary N) is 1. The van der Waals surface area contributed by atoms with E-state index >= 15 is 0 Å². The Bertz CT molecular complexity index is 691. The minimum Gasteiger partial charge on any atom is -0.342 e. The summed E-state index contributed by atoms with van der Waals surface area (Å²) in [6.07, 6.45) is 3.45. The van der Waals surface area contributed by atoms with Crippen LogP contribution >= 0.6 is 0 Å². The Hall–Kier alpha value is -2.44. The molecule has 1 aliphatic heterocycles. The van der Waals surface area contributed by atoms with E-state index in [0.717, 1.165) is 19.4 Å². The van der Waals surface area contributed by atoms with E-state index in [1.54, 1.807) is 36.2 Å². The molecule has 3 heterocycles. The second kappa shape index (κ2) is 5.51. The van der Waals surface area contributed by atoms with E-state index in [-0.39, 0.29) is 17.5 Å². The molecule has 3 rings (SSSR count). The lowest BCUT2D eigenvalue weighted by Gasteiger charge is -2.30. The summed E-state index contributed by atoms with van der Waals surface area (Å²) in [5.74, 6) is 1.24. The van der Waals surface area contributed by atoms with Gasteiger partial charge in [-0.05, 0) is 25.0 Å². The first-order valence-electron chi connectivity index (χ1n) is 7.01. The number of piperidine rings is 1. The van der Waals surface area contributed by atoms with Crippen LogP contribution in [0.2, 0.25) is 0 Å². The van der Waals surface area contributed by atoms with Gasteiger partial charge in [0.1, 0.15) is 5.82 Å². The molecule has 110 valence electrons. The van der Waals surface area contributed by atoms with Crippen molar-refractivity contribution in [3.05, 3.63) is 40.7 Å². The fourth-order valence-corrected chi connectivity index (χ4v) is 2.65. The third-order valence-electron chi connectivity index (χ3n) is 3.75. The van der Waals surface area contributed by atoms with Gasteiger partial charge in [-0.3, -0.25) is 9.78 Å². The van der Waals surface area contributed by atoms with E-state index in [9.17, 15) is 9.59 Å². The molecule has 1 aliphatic rings. The van der Waals surface area contributed by atoms with Gasteiger partial charge in [-0.25, -0.2) is 9.78 Å². The first-order valence-corrected chi connectivity index (χ1v) is 7.01. The molecule has 2 aromatic rings. The van der Waals surface area contributed by atoms with Crippen molar-refractivity contribution in [1.82, 2.24) is 24.6 Å². The molecular weight excluding hydrogens is 270 g/mol. The largest absolute Gasteiger partial charge is 0.349 e. The molecule has 21 heavy (non-hydrogen) atoms. The Morgan fingerprint density at radius 3 is 3.00 bits per heavy atom. The van der Waals surface area contributed by atoms with Gasteiger partial charge in [0, 0.05) is 32.1 Å². The number of carbonyl (C=O) groups excluding carboxylic acids is 1. The highest BCUT2D eigenvalue weighted by Gasteiger charge is 2.26. The smallest absolute Gasteiger partial charge is 0.342 e. The Kier molecular flexibility index (Phi) is 3.55. The lowest BCUT2D eigenvalue weighted by Crippen LogP contribution is -2.38. The number of nitrogens with zero attached hydrogens (tertiary/aromatic N) is 4. The number of carbonyl (C=O) groups is 1. The Labute approximate surface area is 121 Å². The van der Waals surface area contributed by atoms with Gasteiger partial charge < -0.3 is 4.90 Å². The van der Waals surface area contributed by atoms with Crippen LogP contribution in [0.3, 0.4) is 0 Å². The molecular formula is C14H17N5O2. The minimum absolute atomic E-state index is 0.0613. The zero-order valence-electron chi connectivity index (χ0n) is 11.8. The average Bonchev–Trinajstić information content (AvgIpc) is 2.90. The van der Waals surface area contributed by atoms with Crippen LogP contribution in [0.1, 0.15) is 31.5 Å². The second-order valence-electron chi connectivity index (χ2n) is 5.22. The van der Waals surface area contributed by atoms with Crippen molar-refractivity contribution < 1.29 is 4.79 Å². The Morgan fingerprint density at radius 2 is 2.29 bits per heavy atom. The van der Waals surface area contributed by atoms with Gasteiger partial charge in [0.15, 0.2) is 5.82 Å². The van der Waals surface area contributed by atoms with Crippen molar-refractivity contribution in [2.75, 3.05) is 13.1 Å². The van der Waals surface area contributed by atoms with Crippen molar-refractivity contribution >= 4 is 5.91 Å². The van der Waals surface area contributed by atoms with Crippen molar-refractivity contribution in [1.29, 1.82) is 0 Å². The molecule has 1 amide bonds. The van der Waals surface area contributed by atoms with Gasteiger partial charge in [0.05, 0.1) is 0 Å². The van der Waals surface area contributed by atoms with Crippen molar-refractivity contribution in [2.45, 2.75) is 25.7 Å². The monoisotopic (exact) mass is 287 g/mol. The molecule has 7 nitrogen and oxygen atoms in total. The fourth-order valence-electron chi connectivity index (χ4n) is 2.65. The van der Waals surface area contributed by atoms with Gasteiger partial charge in [-0.15, -0.1) is 5.10 Å². The summed E-state index contributed by atoms with van der Waals surface area (Å²) in [5, 5.41) is 4.35. The number of likely N-dealkylation sites (tertiary alicyclic amines) is 1. The van der Waals surface area contributed by atoms with Crippen LogP contribution in [0, 0.1) is 0 Å². The van der Waals surface area contributed by atoms with Crippen LogP contribution in [0.4, 0.5) is 0 Å². The summed E-state index contributed by atoms with van der Waals surface area (Å²) >= 11 is 0. The summed E-state index contributed by atoms with van der Waals surface area (Å²) < 4.78 is 1.27. The highest BCUT2D eigenvalue weighted by atomic mass is 16.2. The Balaban J connectivity index is 1.87. The molecule has 0 bridgehead atoms. The first-order chi connectivity index (χ1) is 10.1. The van der Waals surface area contributed by atoms with Crippen LogP contribution < -0.4 is 5.69 Å². The maximum absolute atomic E-state index is 12.0. The van der Waals surface area contributed by atoms with Crippen molar-refractivity contribution in [2.24, 2.45) is 0 Å². The molecule has 1 atom stereocenters. The SMILES string of the molecule is CC(=O)N1CCCC(c2nn(-c3ccccn3)c(=O)[nH]2)C1. The average molecular weight is 287 g/mol. The van der Waals surface area contributed by atoms with Crippen LogP contribution in [0.15, 0.2) is 29.2 Å². The molecule has 0 saturated carbocycles. The standard InChI is InChI=1S/C14H17N5O2/c1-10(20)18-8-4-5-11(9-18)13-16-14(21)19(17-13)12-6-2-3-7-15-12/h2-3,6-7,11H,4-5,8-9H2,1H3,(H,16,17,21). The molecule has 1 saturated heterocycles. The lowest BCUT2D eigenvalue weighted by molar-refractivity contribution is -0.130. The molecule has 0 aromatic carbocycles. The number of aromatic nitrogens is 4. The number of rotatable bonds is 2. The summed E-state index contributed by atoms with van der Waals surface area (Å²) in [6, 6.07) is 5.32. The number of amides is 1. The van der Waals surface area contributed by atoms with Crippen molar-refractivity contribution in [3.8, 4) is 5.82 Å². The maximum Gasteiger partial charge on any atom is 0.349 e. The predicted octanol–water partition coefficient (Wildman–Crippen LogP) is 0.681. The molecule has 0 spiro atoms. The molecule has 0 aliphatic carbocycles. The number of aromatic amines is 1. The normalized spacial score (nSPS) is 18.7. The van der Waals surface area contributed by atoms with E-state index in [4.69, 9.17) is 0 Å². The number of H-pyrrole nitrogens is 1. The zero-order chi connectivity index (χ0) is 14.8. The Morgan fingerprint density at radius 1 is 1.43 bits per heavy atom. The van der Waals surface area contributed by atoms with Crippen molar-refractivity contribution in [3.63, 3.8) is 0 Å². The summed E-state index contributed by atoms with van der Waals surface area (Å²) in [5.41, 5.74) is -0.302. The highest BCUT2D eigenvalue weighted by Crippen LogP contribution is 2.23. The van der Waals surface area contributed by atoms with Crippen LogP contribution in [-0.2, 0) is 4.79 Å². The minimum atomic E-state index is -0.302. The van der Waals surface area contributed by atoms with Crippen LogP contribution in [0.25, 0.3) is 5.82 Å². The number of hydrogen-bond acceptors (Lipinski definition) is 4. The van der Waals surface area contributed by atoms with Gasteiger partial charge in [0.2, 0.25) is 5.91 Å². The highest BCUT2D eigenvalue weighted by molar-refractivity contribution is 5.73. The quantitative estimate of drug-likeness (QED) is 0.880. The van der Waals surface area contributed by atoms with Crippen LogP contribution in [-0.4, -0.2) is 43.6 Å². The zero-order valence-corrected chi connectivity index (χ0v) is 11.8. The molecule has 0 radical (unpaired) electrons. The number of pyridine rings is 1. The molecule has 1 unspecified atom stereocenters. The summed E-state index contributed by atoms with van der Waals surface area (Å²) in [7, 11) is 0. The van der Waals surface area contributed by atoms with E-state index < -0.39 is 0 Å². The van der Waals surface area contributed by atoms with Gasteiger partial charge in [-0.1, -0.05) is 6.07 Å².